The molecule has 0 amide bonds. The van der Waals surface area contributed by atoms with Crippen molar-refractivity contribution in [1.82, 2.24) is 0 Å². The summed E-state index contributed by atoms with van der Waals surface area (Å²) in [5.41, 5.74) is 0. The molecular weight excluding hydrogens is 1710 g/mol. The molecule has 5 aliphatic heterocycles. The minimum Gasteiger partial charge on any atom is -0.414 e. The average Bonchev–Trinajstić information content (AvgIpc) is 1.33. The Kier molecular flexibility index (Phi) is 27.7. The van der Waals surface area contributed by atoms with E-state index in [0.29, 0.717) is 82.9 Å². The summed E-state index contributed by atoms with van der Waals surface area (Å²) in [6, 6.07) is 85.1. The van der Waals surface area contributed by atoms with Crippen molar-refractivity contribution in [3.05, 3.63) is 243 Å². The maximum atomic E-state index is 15.3. The molecule has 0 aromatic heterocycles. The van der Waals surface area contributed by atoms with Crippen LogP contribution in [0.15, 0.2) is 243 Å². The van der Waals surface area contributed by atoms with Gasteiger partial charge in [-0.2, -0.15) is 0 Å². The molecule has 120 heavy (non-hydrogen) atoms. The minimum atomic E-state index is -5.23. The maximum absolute atomic E-state index is 15.3. The molecule has 5 heterocycles. The Bertz CT molecular complexity index is 4590. The van der Waals surface area contributed by atoms with E-state index in [1.54, 1.807) is 0 Å². The summed E-state index contributed by atoms with van der Waals surface area (Å²) in [7, 11) is -45.7. The van der Waals surface area contributed by atoms with Gasteiger partial charge in [0.2, 0.25) is 0 Å². The standard InChI is InChI=1S/C90H124O18Si12/c1-112(2,61-57-70-49-53-82-86(65-70)94-82)104-117(91,78-41-25-13-26-42-78)108-116(77-39-23-12-24-40-77)90(99-119(80-45-29-15-30-46-80,100-109-74-33-17-9-18-34-74)106-114(5,6)63-59-72-51-55-84-88(67-72)96-84)98-110(75-35-19-10-20-36-75)101-120(81-47-31-16-32-48-81,107-115(7,8)64-60-73-52-56-85-89(68-73)97-85)103-111(76-37-21-11-22-38-76)102-118(93-69-92-116,79-43-27-14-28-44-79)105-113(3,4)62-58-71-50-54-83-87(66-71)95-83/h9-48,70-73,82-91,110-111H,49-69,109H2,1-8H3. The summed E-state index contributed by atoms with van der Waals surface area (Å²) in [6.07, 6.45) is 19.3. The van der Waals surface area contributed by atoms with E-state index >= 15 is 4.80 Å². The number of epoxide rings is 4. The molecule has 0 bridgehead atoms. The van der Waals surface area contributed by atoms with Gasteiger partial charge in [0.25, 0.3) is 0 Å². The van der Waals surface area contributed by atoms with E-state index in [9.17, 15) is 0 Å². The maximum Gasteiger partial charge on any atom is 0.519 e. The Morgan fingerprint density at radius 3 is 1.18 bits per heavy atom. The molecule has 0 spiro atoms. The summed E-state index contributed by atoms with van der Waals surface area (Å²) in [5.74, 6) is 0.152. The molecule has 8 aromatic carbocycles. The largest absolute Gasteiger partial charge is 0.519 e. The normalized spacial score (nSPS) is 31.9. The van der Waals surface area contributed by atoms with Gasteiger partial charge in [-0.25, -0.2) is 0 Å². The smallest absolute Gasteiger partial charge is 0.414 e. The van der Waals surface area contributed by atoms with E-state index in [1.165, 1.54) is 0 Å². The fourth-order valence-corrected chi connectivity index (χ4v) is 65.6. The van der Waals surface area contributed by atoms with Crippen molar-refractivity contribution in [2.45, 2.75) is 234 Å². The summed E-state index contributed by atoms with van der Waals surface area (Å²) in [5, 5.41) is 5.87. The molecule has 1 N–H and O–H groups in total. The zero-order chi connectivity index (χ0) is 82.6. The van der Waals surface area contributed by atoms with Gasteiger partial charge in [-0.05, 0) is 198 Å². The zero-order valence-corrected chi connectivity index (χ0v) is 83.9. The van der Waals surface area contributed by atoms with Crippen molar-refractivity contribution in [2.24, 2.45) is 23.7 Å². The van der Waals surface area contributed by atoms with E-state index in [2.05, 4.69) is 162 Å². The summed E-state index contributed by atoms with van der Waals surface area (Å²) in [6.45, 7) is 17.8. The van der Waals surface area contributed by atoms with Crippen molar-refractivity contribution < 1.29 is 78.5 Å². The van der Waals surface area contributed by atoms with Gasteiger partial charge in [0.1, 0.15) is 6.79 Å². The zero-order valence-electron chi connectivity index (χ0n) is 71.2. The Balaban J connectivity index is 0.910. The van der Waals surface area contributed by atoms with Crippen LogP contribution >= 0.6 is 0 Å². The number of fused-ring (bicyclic) bond motifs is 4. The summed E-state index contributed by atoms with van der Waals surface area (Å²) in [4.78, 5) is 15.3. The Hall–Kier alpha value is -4.36. The molecule has 9 fully saturated rings. The van der Waals surface area contributed by atoms with Gasteiger partial charge < -0.3 is 78.5 Å². The second-order valence-corrected chi connectivity index (χ2v) is 75.8. The van der Waals surface area contributed by atoms with Crippen LogP contribution in [0.5, 0.6) is 0 Å². The first kappa shape index (κ1) is 87.7. The molecule has 17 rings (SSSR count). The lowest BCUT2D eigenvalue weighted by Gasteiger charge is -2.47. The molecule has 20 atom stereocenters. The molecular formula is C90H124O18Si12. The number of benzene rings is 8. The van der Waals surface area contributed by atoms with Crippen molar-refractivity contribution in [1.29, 1.82) is 0 Å². The van der Waals surface area contributed by atoms with Gasteiger partial charge in [0.15, 0.2) is 48.9 Å². The van der Waals surface area contributed by atoms with Crippen LogP contribution in [0, 0.1) is 23.7 Å². The van der Waals surface area contributed by atoms with Crippen LogP contribution in [0.3, 0.4) is 0 Å². The third-order valence-electron chi connectivity index (χ3n) is 26.2. The second kappa shape index (κ2) is 37.9. The highest BCUT2D eigenvalue weighted by molar-refractivity contribution is 6.98. The highest BCUT2D eigenvalue weighted by atomic mass is 28.5. The predicted molar refractivity (Wildman–Crippen MR) is 497 cm³/mol. The van der Waals surface area contributed by atoms with Gasteiger partial charge >= 0.3 is 62.3 Å². The Morgan fingerprint density at radius 2 is 0.725 bits per heavy atom. The summed E-state index contributed by atoms with van der Waals surface area (Å²) >= 11 is 0. The van der Waals surface area contributed by atoms with Crippen molar-refractivity contribution in [3.63, 3.8) is 0 Å². The van der Waals surface area contributed by atoms with E-state index in [1.807, 2.05) is 133 Å². The molecule has 9 aliphatic rings. The highest BCUT2D eigenvalue weighted by Gasteiger charge is 2.67. The molecule has 4 aliphatic carbocycles. The third kappa shape index (κ3) is 22.1. The van der Waals surface area contributed by atoms with Crippen LogP contribution in [0.4, 0.5) is 0 Å². The number of hydrogen-bond acceptors (Lipinski definition) is 18. The third-order valence-corrected chi connectivity index (χ3v) is 67.5. The van der Waals surface area contributed by atoms with Crippen LogP contribution in [0.25, 0.3) is 0 Å². The van der Waals surface area contributed by atoms with Gasteiger partial charge in [0.05, 0.1) is 48.8 Å². The molecule has 0 radical (unpaired) electrons. The van der Waals surface area contributed by atoms with E-state index in [0.717, 1.165) is 158 Å². The molecule has 18 nitrogen and oxygen atoms in total. The molecule has 5 saturated heterocycles. The first-order chi connectivity index (χ1) is 58.0. The monoisotopic (exact) mass is 1830 g/mol. The van der Waals surface area contributed by atoms with Crippen LogP contribution in [-0.4, -0.2) is 172 Å². The topological polar surface area (TPSA) is 190 Å². The Morgan fingerprint density at radius 1 is 0.367 bits per heavy atom. The van der Waals surface area contributed by atoms with Crippen LogP contribution in [-0.2, 0) is 73.7 Å². The van der Waals surface area contributed by atoms with Crippen LogP contribution in [0.1, 0.15) is 103 Å². The van der Waals surface area contributed by atoms with E-state index in [-0.39, 0.29) is 0 Å². The van der Waals surface area contributed by atoms with Gasteiger partial charge in [-0.15, -0.1) is 0 Å². The molecule has 4 saturated carbocycles. The van der Waals surface area contributed by atoms with Gasteiger partial charge in [-0.1, -0.05) is 268 Å². The molecule has 640 valence electrons. The van der Waals surface area contributed by atoms with Crippen molar-refractivity contribution in [2.75, 3.05) is 6.79 Å². The van der Waals surface area contributed by atoms with E-state index in [4.69, 9.17) is 73.7 Å². The van der Waals surface area contributed by atoms with Crippen LogP contribution in [0.2, 0.25) is 76.6 Å². The molecule has 20 unspecified atom stereocenters. The minimum absolute atomic E-state index is 0.307. The quantitative estimate of drug-likeness (QED) is 0.0296. The lowest BCUT2D eigenvalue weighted by molar-refractivity contribution is -0.0380. The van der Waals surface area contributed by atoms with Crippen LogP contribution < -0.4 is 41.5 Å². The fraction of sp³-hybridized carbons (Fsp3) is 0.467. The number of rotatable bonds is 34. The lowest BCUT2D eigenvalue weighted by Crippen LogP contribution is -2.77. The SMILES string of the molecule is C[Si](C)(CCC1CCC2OC2C1)O[Si](O)(O[Si]1(c2ccccc2)OCO[Si](O[Si](C)(C)CCC2CCC3OC3C2)(c2ccccc2)O[SiH](c2ccccc2)O[Si](O[Si](C)(C)CCC2CCC3OC3C2)(c2ccccc2)O[SiH](c2ccccc2)OC1O[Si](O[SiH2]c1ccccc1)(O[Si](C)(C)CCC1CCC2OC2C1)c1ccccc1)c1ccccc1. The predicted octanol–water partition coefficient (Wildman–Crippen LogP) is 12.1. The molecule has 8 aromatic rings. The summed E-state index contributed by atoms with van der Waals surface area (Å²) < 4.78 is 135. The highest BCUT2D eigenvalue weighted by Crippen LogP contribution is 2.47. The average molecular weight is 1830 g/mol. The van der Waals surface area contributed by atoms with Crippen molar-refractivity contribution >= 4 is 147 Å². The fourth-order valence-electron chi connectivity index (χ4n) is 19.1. The first-order valence-corrected chi connectivity index (χ1v) is 70.1. The number of hydrogen-bond donors (Lipinski definition) is 1. The lowest BCUT2D eigenvalue weighted by atomic mass is 9.88. The second-order valence-electron chi connectivity index (χ2n) is 37.6. The number of ether oxygens (including phenoxy) is 4. The van der Waals surface area contributed by atoms with Gasteiger partial charge in [-0.3, -0.25) is 0 Å². The van der Waals surface area contributed by atoms with Gasteiger partial charge in [0, 0.05) is 20.7 Å². The molecule has 30 heteroatoms. The van der Waals surface area contributed by atoms with Crippen molar-refractivity contribution in [3.8, 4) is 0 Å². The van der Waals surface area contributed by atoms with E-state index < -0.39 is 118 Å². The Labute approximate surface area is 727 Å². The first-order valence-electron chi connectivity index (χ1n) is 44.5.